The van der Waals surface area contributed by atoms with Crippen LogP contribution in [0.25, 0.3) is 0 Å². The molecule has 3 aromatic rings. The summed E-state index contributed by atoms with van der Waals surface area (Å²) in [6.45, 7) is 1.85. The second-order valence-electron chi connectivity index (χ2n) is 7.31. The molecule has 9 heteroatoms. The van der Waals surface area contributed by atoms with Crippen LogP contribution in [0.4, 0.5) is 0 Å². The number of aryl methyl sites for hydroxylation is 1. The molecule has 8 nitrogen and oxygen atoms in total. The van der Waals surface area contributed by atoms with Crippen LogP contribution in [0.2, 0.25) is 0 Å². The SMILES string of the molecule is COc1cccc(C=NNC(=O)C(Cc2ccccc2)NS(=O)(=O)c2ccc(C)cc2)c1O. The average Bonchev–Trinajstić information content (AvgIpc) is 2.80. The number of sulfonamides is 1. The van der Waals surface area contributed by atoms with E-state index in [1.54, 1.807) is 42.5 Å². The van der Waals surface area contributed by atoms with Gasteiger partial charge in [0.1, 0.15) is 6.04 Å². The smallest absolute Gasteiger partial charge is 0.258 e. The van der Waals surface area contributed by atoms with Gasteiger partial charge in [-0.15, -0.1) is 0 Å². The van der Waals surface area contributed by atoms with Crippen LogP contribution in [0, 0.1) is 6.92 Å². The van der Waals surface area contributed by atoms with Crippen molar-refractivity contribution in [1.29, 1.82) is 0 Å². The first kappa shape index (κ1) is 24.0. The largest absolute Gasteiger partial charge is 0.504 e. The highest BCUT2D eigenvalue weighted by molar-refractivity contribution is 7.89. The summed E-state index contributed by atoms with van der Waals surface area (Å²) in [6.07, 6.45) is 1.38. The van der Waals surface area contributed by atoms with Gasteiger partial charge in [-0.2, -0.15) is 9.82 Å². The number of nitrogens with zero attached hydrogens (tertiary/aromatic N) is 1. The molecule has 0 aliphatic carbocycles. The number of carbonyl (C=O) groups is 1. The van der Waals surface area contributed by atoms with Crippen molar-refractivity contribution in [3.63, 3.8) is 0 Å². The zero-order valence-corrected chi connectivity index (χ0v) is 19.0. The number of hydrazone groups is 1. The fraction of sp³-hybridized carbons (Fsp3) is 0.167. The lowest BCUT2D eigenvalue weighted by atomic mass is 10.1. The number of hydrogen-bond acceptors (Lipinski definition) is 6. The molecule has 33 heavy (non-hydrogen) atoms. The number of phenols is 1. The average molecular weight is 468 g/mol. The third-order valence-corrected chi connectivity index (χ3v) is 6.34. The monoisotopic (exact) mass is 467 g/mol. The zero-order valence-electron chi connectivity index (χ0n) is 18.2. The van der Waals surface area contributed by atoms with E-state index < -0.39 is 22.0 Å². The van der Waals surface area contributed by atoms with Crippen molar-refractivity contribution in [3.05, 3.63) is 89.5 Å². The van der Waals surface area contributed by atoms with E-state index in [0.29, 0.717) is 5.56 Å². The van der Waals surface area contributed by atoms with Gasteiger partial charge in [-0.25, -0.2) is 13.8 Å². The maximum absolute atomic E-state index is 12.9. The summed E-state index contributed by atoms with van der Waals surface area (Å²) < 4.78 is 33.3. The molecule has 0 fully saturated rings. The highest BCUT2D eigenvalue weighted by atomic mass is 32.2. The van der Waals surface area contributed by atoms with Gasteiger partial charge in [-0.05, 0) is 43.2 Å². The van der Waals surface area contributed by atoms with Crippen LogP contribution < -0.4 is 14.9 Å². The number of carbonyl (C=O) groups excluding carboxylic acids is 1. The lowest BCUT2D eigenvalue weighted by Gasteiger charge is -2.17. The summed E-state index contributed by atoms with van der Waals surface area (Å²) in [5, 5.41) is 14.0. The molecule has 3 N–H and O–H groups in total. The standard InChI is InChI=1S/C24H25N3O5S/c1-17-11-13-20(14-12-17)33(30,31)27-21(15-18-7-4-3-5-8-18)24(29)26-25-16-19-9-6-10-22(32-2)23(19)28/h3-14,16,21,27-28H,15H2,1-2H3,(H,26,29). The first-order chi connectivity index (χ1) is 15.8. The molecule has 3 rings (SSSR count). The third kappa shape index (κ3) is 6.41. The number of para-hydroxylation sites is 1. The molecule has 0 saturated carbocycles. The third-order valence-electron chi connectivity index (χ3n) is 4.86. The van der Waals surface area contributed by atoms with Crippen molar-refractivity contribution in [3.8, 4) is 11.5 Å². The maximum Gasteiger partial charge on any atom is 0.258 e. The molecule has 0 spiro atoms. The molecule has 0 aromatic heterocycles. The normalized spacial score (nSPS) is 12.4. The Kier molecular flexibility index (Phi) is 7.81. The number of nitrogens with one attached hydrogen (secondary N) is 2. The number of hydrogen-bond donors (Lipinski definition) is 3. The Morgan fingerprint density at radius 3 is 2.42 bits per heavy atom. The lowest BCUT2D eigenvalue weighted by molar-refractivity contribution is -0.122. The number of aromatic hydroxyl groups is 1. The summed E-state index contributed by atoms with van der Waals surface area (Å²) in [7, 11) is -2.53. The first-order valence-electron chi connectivity index (χ1n) is 10.1. The molecule has 0 saturated heterocycles. The minimum absolute atomic E-state index is 0.0590. The quantitative estimate of drug-likeness (QED) is 0.330. The van der Waals surface area contributed by atoms with Crippen LogP contribution in [0.15, 0.2) is 82.8 Å². The summed E-state index contributed by atoms with van der Waals surface area (Å²) in [5.74, 6) is -0.509. The summed E-state index contributed by atoms with van der Waals surface area (Å²) in [5.41, 5.74) is 4.37. The highest BCUT2D eigenvalue weighted by Gasteiger charge is 2.26. The van der Waals surface area contributed by atoms with Crippen LogP contribution in [-0.4, -0.2) is 38.8 Å². The van der Waals surface area contributed by atoms with Gasteiger partial charge in [0.05, 0.1) is 18.2 Å². The van der Waals surface area contributed by atoms with Gasteiger partial charge in [-0.3, -0.25) is 4.79 Å². The van der Waals surface area contributed by atoms with Gasteiger partial charge in [0.25, 0.3) is 5.91 Å². The second-order valence-corrected chi connectivity index (χ2v) is 9.02. The van der Waals surface area contributed by atoms with E-state index in [9.17, 15) is 18.3 Å². The van der Waals surface area contributed by atoms with Crippen LogP contribution in [0.1, 0.15) is 16.7 Å². The Balaban J connectivity index is 1.80. The molecule has 172 valence electrons. The Morgan fingerprint density at radius 2 is 1.76 bits per heavy atom. The van der Waals surface area contributed by atoms with Crippen molar-refractivity contribution >= 4 is 22.1 Å². The molecular weight excluding hydrogens is 442 g/mol. The van der Waals surface area contributed by atoms with E-state index in [4.69, 9.17) is 4.74 Å². The number of ether oxygens (including phenoxy) is 1. The molecule has 0 aliphatic heterocycles. The van der Waals surface area contributed by atoms with Crippen molar-refractivity contribution in [1.82, 2.24) is 10.1 Å². The Hall–Kier alpha value is -3.69. The van der Waals surface area contributed by atoms with Crippen molar-refractivity contribution < 1.29 is 23.1 Å². The van der Waals surface area contributed by atoms with E-state index in [1.165, 1.54) is 25.5 Å². The predicted molar refractivity (Wildman–Crippen MR) is 126 cm³/mol. The molecule has 1 amide bonds. The van der Waals surface area contributed by atoms with Crippen LogP contribution in [0.3, 0.4) is 0 Å². The fourth-order valence-corrected chi connectivity index (χ4v) is 4.26. The molecule has 1 unspecified atom stereocenters. The van der Waals surface area contributed by atoms with Gasteiger partial charge in [-0.1, -0.05) is 54.1 Å². The number of phenolic OH excluding ortho intramolecular Hbond substituents is 1. The number of methoxy groups -OCH3 is 1. The fourth-order valence-electron chi connectivity index (χ4n) is 3.06. The van der Waals surface area contributed by atoms with Gasteiger partial charge < -0.3 is 9.84 Å². The van der Waals surface area contributed by atoms with Crippen molar-refractivity contribution in [2.75, 3.05) is 7.11 Å². The van der Waals surface area contributed by atoms with E-state index in [-0.39, 0.29) is 22.8 Å². The van der Waals surface area contributed by atoms with Gasteiger partial charge >= 0.3 is 0 Å². The van der Waals surface area contributed by atoms with Gasteiger partial charge in [0.2, 0.25) is 10.0 Å². The van der Waals surface area contributed by atoms with Gasteiger partial charge in [0, 0.05) is 5.56 Å². The molecule has 0 bridgehead atoms. The minimum Gasteiger partial charge on any atom is -0.504 e. The van der Waals surface area contributed by atoms with E-state index >= 15 is 0 Å². The molecule has 0 radical (unpaired) electrons. The topological polar surface area (TPSA) is 117 Å². The maximum atomic E-state index is 12.9. The van der Waals surface area contributed by atoms with E-state index in [2.05, 4.69) is 15.2 Å². The van der Waals surface area contributed by atoms with Crippen molar-refractivity contribution in [2.45, 2.75) is 24.3 Å². The molecule has 1 atom stereocenters. The molecule has 3 aromatic carbocycles. The highest BCUT2D eigenvalue weighted by Crippen LogP contribution is 2.27. The zero-order chi connectivity index (χ0) is 23.8. The van der Waals surface area contributed by atoms with Crippen molar-refractivity contribution in [2.24, 2.45) is 5.10 Å². The van der Waals surface area contributed by atoms with Crippen LogP contribution in [-0.2, 0) is 21.2 Å². The second kappa shape index (κ2) is 10.8. The van der Waals surface area contributed by atoms with Crippen LogP contribution >= 0.6 is 0 Å². The summed E-state index contributed by atoms with van der Waals surface area (Å²) in [4.78, 5) is 12.9. The lowest BCUT2D eigenvalue weighted by Crippen LogP contribution is -2.46. The molecular formula is C24H25N3O5S. The molecule has 0 aliphatic rings. The Labute approximate surface area is 193 Å². The Morgan fingerprint density at radius 1 is 1.06 bits per heavy atom. The Bertz CT molecular complexity index is 1230. The molecule has 0 heterocycles. The minimum atomic E-state index is -3.95. The van der Waals surface area contributed by atoms with E-state index in [1.807, 2.05) is 25.1 Å². The first-order valence-corrected chi connectivity index (χ1v) is 11.6. The number of benzene rings is 3. The predicted octanol–water partition coefficient (Wildman–Crippen LogP) is 2.75. The van der Waals surface area contributed by atoms with E-state index in [0.717, 1.165) is 11.1 Å². The summed E-state index contributed by atoms with van der Waals surface area (Å²) >= 11 is 0. The number of rotatable bonds is 9. The van der Waals surface area contributed by atoms with Crippen LogP contribution in [0.5, 0.6) is 11.5 Å². The van der Waals surface area contributed by atoms with Gasteiger partial charge in [0.15, 0.2) is 11.5 Å². The summed E-state index contributed by atoms with van der Waals surface area (Å²) in [6, 6.07) is 19.1. The number of amides is 1.